The predicted octanol–water partition coefficient (Wildman–Crippen LogP) is 2.89. The first-order valence-corrected chi connectivity index (χ1v) is 8.15. The van der Waals surface area contributed by atoms with E-state index < -0.39 is 5.41 Å². The van der Waals surface area contributed by atoms with E-state index in [9.17, 15) is 9.18 Å². The summed E-state index contributed by atoms with van der Waals surface area (Å²) in [6.07, 6.45) is 1.18. The summed E-state index contributed by atoms with van der Waals surface area (Å²) < 4.78 is 18.7. The fourth-order valence-corrected chi connectivity index (χ4v) is 3.17. The standard InChI is InChI=1S/C19H21FN2O2/c1-14-3-2-4-17(22-14)13-21-18(23)19(9-11-24-12-10-19)15-5-7-16(20)8-6-15/h2-8H,9-13H2,1H3,(H,21,23). The number of aryl methyl sites for hydroxylation is 1. The number of hydrogen-bond donors (Lipinski definition) is 1. The maximum atomic E-state index is 13.3. The van der Waals surface area contributed by atoms with Gasteiger partial charge in [0, 0.05) is 18.9 Å². The minimum Gasteiger partial charge on any atom is -0.381 e. The third kappa shape index (κ3) is 3.46. The van der Waals surface area contributed by atoms with Gasteiger partial charge in [0.1, 0.15) is 5.82 Å². The van der Waals surface area contributed by atoms with Crippen LogP contribution in [0.4, 0.5) is 4.39 Å². The molecule has 2 aromatic rings. The van der Waals surface area contributed by atoms with Gasteiger partial charge in [-0.3, -0.25) is 9.78 Å². The number of carbonyl (C=O) groups is 1. The molecule has 1 aliphatic rings. The molecule has 3 rings (SSSR count). The molecule has 0 atom stereocenters. The van der Waals surface area contributed by atoms with Gasteiger partial charge in [0.25, 0.3) is 0 Å². The zero-order valence-corrected chi connectivity index (χ0v) is 13.7. The lowest BCUT2D eigenvalue weighted by atomic mass is 9.73. The van der Waals surface area contributed by atoms with Crippen molar-refractivity contribution in [2.45, 2.75) is 31.7 Å². The average molecular weight is 328 g/mol. The maximum Gasteiger partial charge on any atom is 0.231 e. The normalized spacial score (nSPS) is 16.6. The van der Waals surface area contributed by atoms with Crippen molar-refractivity contribution in [1.82, 2.24) is 10.3 Å². The second kappa shape index (κ2) is 7.09. The van der Waals surface area contributed by atoms with Crippen LogP contribution < -0.4 is 5.32 Å². The molecule has 1 N–H and O–H groups in total. The highest BCUT2D eigenvalue weighted by atomic mass is 19.1. The summed E-state index contributed by atoms with van der Waals surface area (Å²) in [5.74, 6) is -0.356. The molecule has 1 saturated heterocycles. The van der Waals surface area contributed by atoms with Crippen molar-refractivity contribution in [3.8, 4) is 0 Å². The van der Waals surface area contributed by atoms with Crippen molar-refractivity contribution in [3.05, 3.63) is 65.2 Å². The zero-order valence-electron chi connectivity index (χ0n) is 13.7. The van der Waals surface area contributed by atoms with Crippen LogP contribution in [0, 0.1) is 12.7 Å². The smallest absolute Gasteiger partial charge is 0.231 e. The zero-order chi connectivity index (χ0) is 17.0. The van der Waals surface area contributed by atoms with Crippen LogP contribution in [-0.2, 0) is 21.5 Å². The van der Waals surface area contributed by atoms with E-state index in [-0.39, 0.29) is 11.7 Å². The van der Waals surface area contributed by atoms with E-state index in [1.807, 2.05) is 25.1 Å². The minimum absolute atomic E-state index is 0.0549. The monoisotopic (exact) mass is 328 g/mol. The molecule has 1 amide bonds. The Balaban J connectivity index is 1.80. The van der Waals surface area contributed by atoms with Gasteiger partial charge in [-0.2, -0.15) is 0 Å². The van der Waals surface area contributed by atoms with E-state index in [1.165, 1.54) is 12.1 Å². The molecule has 126 valence electrons. The Morgan fingerprint density at radius 2 is 1.92 bits per heavy atom. The number of rotatable bonds is 4. The van der Waals surface area contributed by atoms with E-state index in [4.69, 9.17) is 4.74 Å². The van der Waals surface area contributed by atoms with Crippen LogP contribution in [0.1, 0.15) is 29.8 Å². The lowest BCUT2D eigenvalue weighted by Crippen LogP contribution is -2.47. The molecule has 4 nitrogen and oxygen atoms in total. The van der Waals surface area contributed by atoms with Gasteiger partial charge >= 0.3 is 0 Å². The first kappa shape index (κ1) is 16.6. The summed E-state index contributed by atoms with van der Waals surface area (Å²) in [5.41, 5.74) is 1.91. The molecule has 0 bridgehead atoms. The Labute approximate surface area is 141 Å². The van der Waals surface area contributed by atoms with Crippen LogP contribution in [0.3, 0.4) is 0 Å². The van der Waals surface area contributed by atoms with Gasteiger partial charge in [0.05, 0.1) is 17.7 Å². The highest BCUT2D eigenvalue weighted by molar-refractivity contribution is 5.88. The number of nitrogens with zero attached hydrogens (tertiary/aromatic N) is 1. The van der Waals surface area contributed by atoms with Gasteiger partial charge in [-0.25, -0.2) is 4.39 Å². The average Bonchev–Trinajstić information content (AvgIpc) is 2.61. The molecule has 1 aliphatic heterocycles. The van der Waals surface area contributed by atoms with Crippen LogP contribution in [0.5, 0.6) is 0 Å². The van der Waals surface area contributed by atoms with Gasteiger partial charge in [0.15, 0.2) is 0 Å². The van der Waals surface area contributed by atoms with Gasteiger partial charge < -0.3 is 10.1 Å². The molecule has 5 heteroatoms. The van der Waals surface area contributed by atoms with E-state index in [0.717, 1.165) is 17.0 Å². The van der Waals surface area contributed by atoms with Gasteiger partial charge in [-0.1, -0.05) is 18.2 Å². The highest BCUT2D eigenvalue weighted by Gasteiger charge is 2.41. The Morgan fingerprint density at radius 1 is 1.21 bits per heavy atom. The molecule has 24 heavy (non-hydrogen) atoms. The molecule has 1 aromatic carbocycles. The first-order chi connectivity index (χ1) is 11.6. The molecular formula is C19H21FN2O2. The van der Waals surface area contributed by atoms with Crippen LogP contribution in [-0.4, -0.2) is 24.1 Å². The van der Waals surface area contributed by atoms with Crippen molar-refractivity contribution >= 4 is 5.91 Å². The van der Waals surface area contributed by atoms with Crippen molar-refractivity contribution in [3.63, 3.8) is 0 Å². The fraction of sp³-hybridized carbons (Fsp3) is 0.368. The lowest BCUT2D eigenvalue weighted by molar-refractivity contribution is -0.130. The van der Waals surface area contributed by atoms with Crippen molar-refractivity contribution in [2.24, 2.45) is 0 Å². The number of amides is 1. The summed E-state index contributed by atoms with van der Waals surface area (Å²) >= 11 is 0. The predicted molar refractivity (Wildman–Crippen MR) is 89.0 cm³/mol. The molecule has 0 radical (unpaired) electrons. The van der Waals surface area contributed by atoms with Crippen molar-refractivity contribution in [2.75, 3.05) is 13.2 Å². The lowest BCUT2D eigenvalue weighted by Gasteiger charge is -2.36. The fourth-order valence-electron chi connectivity index (χ4n) is 3.17. The summed E-state index contributed by atoms with van der Waals surface area (Å²) in [5, 5.41) is 3.00. The van der Waals surface area contributed by atoms with Gasteiger partial charge in [-0.15, -0.1) is 0 Å². The van der Waals surface area contributed by atoms with Crippen molar-refractivity contribution < 1.29 is 13.9 Å². The minimum atomic E-state index is -0.671. The largest absolute Gasteiger partial charge is 0.381 e. The van der Waals surface area contributed by atoms with Gasteiger partial charge in [0.2, 0.25) is 5.91 Å². The Bertz CT molecular complexity index is 710. The quantitative estimate of drug-likeness (QED) is 0.939. The second-order valence-electron chi connectivity index (χ2n) is 6.15. The number of hydrogen-bond acceptors (Lipinski definition) is 3. The van der Waals surface area contributed by atoms with Crippen LogP contribution in [0.25, 0.3) is 0 Å². The number of pyridine rings is 1. The van der Waals surface area contributed by atoms with Crippen LogP contribution in [0.2, 0.25) is 0 Å². The topological polar surface area (TPSA) is 51.2 Å². The molecule has 1 aromatic heterocycles. The number of aromatic nitrogens is 1. The summed E-state index contributed by atoms with van der Waals surface area (Å²) in [6, 6.07) is 11.9. The summed E-state index contributed by atoms with van der Waals surface area (Å²) in [4.78, 5) is 17.4. The van der Waals surface area contributed by atoms with Crippen LogP contribution in [0.15, 0.2) is 42.5 Å². The SMILES string of the molecule is Cc1cccc(CNC(=O)C2(c3ccc(F)cc3)CCOCC2)n1. The molecule has 0 saturated carbocycles. The molecule has 0 spiro atoms. The molecule has 2 heterocycles. The van der Waals surface area contributed by atoms with E-state index in [2.05, 4.69) is 10.3 Å². The Hall–Kier alpha value is -2.27. The number of carbonyl (C=O) groups excluding carboxylic acids is 1. The van der Waals surface area contributed by atoms with Gasteiger partial charge in [-0.05, 0) is 49.6 Å². The Kier molecular flexibility index (Phi) is 4.90. The third-order valence-corrected chi connectivity index (χ3v) is 4.55. The van der Waals surface area contributed by atoms with Crippen molar-refractivity contribution in [1.29, 1.82) is 0 Å². The molecule has 0 aliphatic carbocycles. The maximum absolute atomic E-state index is 13.3. The molecule has 0 unspecified atom stereocenters. The number of benzene rings is 1. The van der Waals surface area contributed by atoms with Crippen LogP contribution >= 0.6 is 0 Å². The number of ether oxygens (including phenoxy) is 1. The molecular weight excluding hydrogens is 307 g/mol. The summed E-state index contributed by atoms with van der Waals surface area (Å²) in [6.45, 7) is 3.34. The highest BCUT2D eigenvalue weighted by Crippen LogP contribution is 2.35. The number of nitrogens with one attached hydrogen (secondary N) is 1. The van der Waals surface area contributed by atoms with E-state index >= 15 is 0 Å². The van der Waals surface area contributed by atoms with E-state index in [0.29, 0.717) is 32.6 Å². The molecule has 1 fully saturated rings. The second-order valence-corrected chi connectivity index (χ2v) is 6.15. The Morgan fingerprint density at radius 3 is 2.58 bits per heavy atom. The first-order valence-electron chi connectivity index (χ1n) is 8.15. The third-order valence-electron chi connectivity index (χ3n) is 4.55. The summed E-state index contributed by atoms with van der Waals surface area (Å²) in [7, 11) is 0. The van der Waals surface area contributed by atoms with E-state index in [1.54, 1.807) is 12.1 Å². The number of halogens is 1.